The molecule has 0 fully saturated rings. The van der Waals surface area contributed by atoms with E-state index in [2.05, 4.69) is 10.3 Å². The van der Waals surface area contributed by atoms with Crippen molar-refractivity contribution in [3.8, 4) is 0 Å². The topological polar surface area (TPSA) is 50.4 Å². The summed E-state index contributed by atoms with van der Waals surface area (Å²) in [4.78, 5) is 3.71. The highest BCUT2D eigenvalue weighted by molar-refractivity contribution is 5.55. The second-order valence-electron chi connectivity index (χ2n) is 1.70. The van der Waals surface area contributed by atoms with Gasteiger partial charge in [0.25, 0.3) is 0 Å². The third-order valence-electron chi connectivity index (χ3n) is 0.813. The molecular weight excluding hydrogens is 126 g/mol. The zero-order valence-electron chi connectivity index (χ0n) is 6.33. The van der Waals surface area contributed by atoms with Crippen LogP contribution in [0.5, 0.6) is 0 Å². The van der Waals surface area contributed by atoms with Crippen LogP contribution in [0.2, 0.25) is 0 Å². The summed E-state index contributed by atoms with van der Waals surface area (Å²) in [6.45, 7) is 1.91. The third-order valence-corrected chi connectivity index (χ3v) is 0.813. The van der Waals surface area contributed by atoms with Crippen molar-refractivity contribution < 1.29 is 0 Å². The highest BCUT2D eigenvalue weighted by atomic mass is 14.9. The molecule has 0 radical (unpaired) electrons. The van der Waals surface area contributed by atoms with Gasteiger partial charge in [0.1, 0.15) is 0 Å². The minimum absolute atomic E-state index is 0.683. The Morgan fingerprint density at radius 1 is 1.60 bits per heavy atom. The van der Waals surface area contributed by atoms with Gasteiger partial charge in [-0.25, -0.2) is 0 Å². The van der Waals surface area contributed by atoms with Crippen LogP contribution < -0.4 is 11.1 Å². The molecule has 3 heteroatoms. The van der Waals surface area contributed by atoms with E-state index < -0.39 is 0 Å². The van der Waals surface area contributed by atoms with Gasteiger partial charge in [0.15, 0.2) is 0 Å². The highest BCUT2D eigenvalue weighted by Crippen LogP contribution is 1.81. The first-order valence-electron chi connectivity index (χ1n) is 3.06. The van der Waals surface area contributed by atoms with E-state index in [1.54, 1.807) is 25.7 Å². The molecule has 0 amide bonds. The van der Waals surface area contributed by atoms with Gasteiger partial charge in [0, 0.05) is 18.9 Å². The van der Waals surface area contributed by atoms with Crippen molar-refractivity contribution in [3.63, 3.8) is 0 Å². The summed E-state index contributed by atoms with van der Waals surface area (Å²) in [7, 11) is 1.69. The van der Waals surface area contributed by atoms with Gasteiger partial charge in [-0.15, -0.1) is 0 Å². The summed E-state index contributed by atoms with van der Waals surface area (Å²) in [6, 6.07) is 0. The summed E-state index contributed by atoms with van der Waals surface area (Å²) in [5.74, 6) is 0. The molecule has 0 atom stereocenters. The van der Waals surface area contributed by atoms with Gasteiger partial charge in [-0.05, 0) is 13.0 Å². The largest absolute Gasteiger partial charge is 0.398 e. The van der Waals surface area contributed by atoms with Crippen molar-refractivity contribution in [2.45, 2.75) is 6.92 Å². The molecule has 0 aliphatic carbocycles. The number of nitrogens with one attached hydrogen (secondary N) is 1. The lowest BCUT2D eigenvalue weighted by atomic mass is 10.4. The van der Waals surface area contributed by atoms with Crippen molar-refractivity contribution >= 4 is 6.34 Å². The lowest BCUT2D eigenvalue weighted by molar-refractivity contribution is 1.23. The van der Waals surface area contributed by atoms with E-state index in [1.165, 1.54) is 0 Å². The maximum atomic E-state index is 5.48. The van der Waals surface area contributed by atoms with Crippen LogP contribution >= 0.6 is 0 Å². The molecule has 3 nitrogen and oxygen atoms in total. The Bertz CT molecular complexity index is 156. The lowest BCUT2D eigenvalue weighted by Gasteiger charge is -1.90. The first-order chi connectivity index (χ1) is 4.81. The molecule has 0 heterocycles. The number of hydrogen-bond acceptors (Lipinski definition) is 2. The van der Waals surface area contributed by atoms with E-state index in [0.717, 1.165) is 0 Å². The van der Waals surface area contributed by atoms with E-state index in [1.807, 2.05) is 13.0 Å². The van der Waals surface area contributed by atoms with E-state index in [-0.39, 0.29) is 0 Å². The zero-order chi connectivity index (χ0) is 7.82. The first-order valence-corrected chi connectivity index (χ1v) is 3.06. The van der Waals surface area contributed by atoms with Gasteiger partial charge in [-0.1, -0.05) is 6.08 Å². The van der Waals surface area contributed by atoms with Gasteiger partial charge in [-0.2, -0.15) is 0 Å². The average molecular weight is 139 g/mol. The summed E-state index contributed by atoms with van der Waals surface area (Å²) in [5.41, 5.74) is 6.16. The van der Waals surface area contributed by atoms with Crippen molar-refractivity contribution in [1.82, 2.24) is 5.32 Å². The standard InChI is InChI=1S/C7H13N3/c1-3-4-7(8)5-10-6-9-2/h3-6H,8H2,1-2H3,(H,9,10)/b4-3+,7-5+. The SMILES string of the molecule is C/C=C/C(N)=C\NC=NC. The van der Waals surface area contributed by atoms with Crippen molar-refractivity contribution in [1.29, 1.82) is 0 Å². The Kier molecular flexibility index (Phi) is 5.14. The summed E-state index contributed by atoms with van der Waals surface area (Å²) in [6.07, 6.45) is 6.91. The fourth-order valence-electron chi connectivity index (χ4n) is 0.449. The van der Waals surface area contributed by atoms with Crippen LogP contribution in [-0.2, 0) is 0 Å². The Morgan fingerprint density at radius 2 is 2.30 bits per heavy atom. The quantitative estimate of drug-likeness (QED) is 0.342. The second kappa shape index (κ2) is 5.88. The van der Waals surface area contributed by atoms with Crippen LogP contribution in [0.15, 0.2) is 29.0 Å². The highest BCUT2D eigenvalue weighted by Gasteiger charge is 1.75. The van der Waals surface area contributed by atoms with Crippen LogP contribution in [0.1, 0.15) is 6.92 Å². The lowest BCUT2D eigenvalue weighted by Crippen LogP contribution is -2.05. The maximum absolute atomic E-state index is 5.48. The third kappa shape index (κ3) is 4.90. The van der Waals surface area contributed by atoms with Crippen LogP contribution in [0.3, 0.4) is 0 Å². The molecule has 0 rings (SSSR count). The monoisotopic (exact) mass is 139 g/mol. The summed E-state index contributed by atoms with van der Waals surface area (Å²) < 4.78 is 0. The maximum Gasteiger partial charge on any atom is 0.0860 e. The minimum atomic E-state index is 0.683. The number of rotatable bonds is 3. The van der Waals surface area contributed by atoms with Crippen molar-refractivity contribution in [2.75, 3.05) is 7.05 Å². The molecule has 10 heavy (non-hydrogen) atoms. The molecule has 0 aromatic rings. The smallest absolute Gasteiger partial charge is 0.0860 e. The zero-order valence-corrected chi connectivity index (χ0v) is 6.33. The second-order valence-corrected chi connectivity index (χ2v) is 1.70. The van der Waals surface area contributed by atoms with Crippen LogP contribution in [0.25, 0.3) is 0 Å². The average Bonchev–Trinajstić information content (AvgIpc) is 1.89. The van der Waals surface area contributed by atoms with E-state index in [9.17, 15) is 0 Å². The molecule has 0 aromatic carbocycles. The van der Waals surface area contributed by atoms with Crippen molar-refractivity contribution in [2.24, 2.45) is 10.7 Å². The number of hydrogen-bond donors (Lipinski definition) is 2. The van der Waals surface area contributed by atoms with Crippen LogP contribution in [-0.4, -0.2) is 13.4 Å². The first kappa shape index (κ1) is 8.75. The molecule has 56 valence electrons. The fraction of sp³-hybridized carbons (Fsp3) is 0.286. The molecule has 0 bridgehead atoms. The van der Waals surface area contributed by atoms with Gasteiger partial charge < -0.3 is 11.1 Å². The van der Waals surface area contributed by atoms with Gasteiger partial charge in [0.05, 0.1) is 6.34 Å². The molecule has 0 aliphatic heterocycles. The van der Waals surface area contributed by atoms with Crippen LogP contribution in [0, 0.1) is 0 Å². The normalized spacial score (nSPS) is 13.2. The van der Waals surface area contributed by atoms with E-state index >= 15 is 0 Å². The van der Waals surface area contributed by atoms with E-state index in [4.69, 9.17) is 5.73 Å². The Balaban J connectivity index is 3.68. The molecular formula is C7H13N3. The van der Waals surface area contributed by atoms with Crippen LogP contribution in [0.4, 0.5) is 0 Å². The number of aliphatic imine (C=N–C) groups is 1. The molecule has 3 N–H and O–H groups in total. The summed E-state index contributed by atoms with van der Waals surface area (Å²) in [5, 5.41) is 2.79. The number of allylic oxidation sites excluding steroid dienone is 2. The fourth-order valence-corrected chi connectivity index (χ4v) is 0.449. The van der Waals surface area contributed by atoms with Crippen molar-refractivity contribution in [3.05, 3.63) is 24.0 Å². The molecule has 0 aromatic heterocycles. The van der Waals surface area contributed by atoms with E-state index in [0.29, 0.717) is 5.70 Å². The summed E-state index contributed by atoms with van der Waals surface area (Å²) >= 11 is 0. The molecule has 0 saturated carbocycles. The Labute approximate surface area is 61.3 Å². The molecule has 0 unspecified atom stereocenters. The molecule has 0 aliphatic rings. The minimum Gasteiger partial charge on any atom is -0.398 e. The Morgan fingerprint density at radius 3 is 2.80 bits per heavy atom. The predicted octanol–water partition coefficient (Wildman–Crippen LogP) is 0.610. The van der Waals surface area contributed by atoms with Gasteiger partial charge in [-0.3, -0.25) is 4.99 Å². The predicted molar refractivity (Wildman–Crippen MR) is 44.6 cm³/mol. The molecule has 0 saturated heterocycles. The van der Waals surface area contributed by atoms with Gasteiger partial charge >= 0.3 is 0 Å². The number of nitrogens with two attached hydrogens (primary N) is 1. The molecule has 0 spiro atoms. The van der Waals surface area contributed by atoms with Gasteiger partial charge in [0.2, 0.25) is 0 Å². The Hall–Kier alpha value is -1.25. The number of nitrogens with zero attached hydrogens (tertiary/aromatic N) is 1.